The van der Waals surface area contributed by atoms with Crippen molar-refractivity contribution in [2.75, 3.05) is 6.61 Å². The summed E-state index contributed by atoms with van der Waals surface area (Å²) in [5, 5.41) is 0. The minimum absolute atomic E-state index is 0.686. The molecule has 0 saturated carbocycles. The monoisotopic (exact) mass is 253 g/mol. The molecule has 96 valence electrons. The van der Waals surface area contributed by atoms with Crippen LogP contribution in [-0.4, -0.2) is 21.1 Å². The van der Waals surface area contributed by atoms with Crippen molar-refractivity contribution in [3.63, 3.8) is 0 Å². The molecule has 0 aliphatic carbocycles. The fourth-order valence-electron chi connectivity index (χ4n) is 2.02. The second-order valence-corrected chi connectivity index (χ2v) is 4.28. The molecule has 2 heterocycles. The number of hydrogen-bond donors (Lipinski definition) is 0. The van der Waals surface area contributed by atoms with Crippen molar-refractivity contribution in [2.24, 2.45) is 0 Å². The van der Waals surface area contributed by atoms with E-state index in [9.17, 15) is 0 Å². The van der Waals surface area contributed by atoms with E-state index in [0.29, 0.717) is 6.61 Å². The molecule has 0 fully saturated rings. The number of hydrogen-bond acceptors (Lipinski definition) is 3. The van der Waals surface area contributed by atoms with Gasteiger partial charge >= 0.3 is 0 Å². The number of rotatable bonds is 4. The van der Waals surface area contributed by atoms with Gasteiger partial charge in [0, 0.05) is 6.20 Å². The first kappa shape index (κ1) is 11.7. The average Bonchev–Trinajstić information content (AvgIpc) is 2.89. The fourth-order valence-corrected chi connectivity index (χ4v) is 2.02. The highest BCUT2D eigenvalue weighted by molar-refractivity contribution is 5.77. The highest BCUT2D eigenvalue weighted by atomic mass is 16.5. The van der Waals surface area contributed by atoms with E-state index in [-0.39, 0.29) is 0 Å². The molecule has 0 unspecified atom stereocenters. The van der Waals surface area contributed by atoms with Crippen LogP contribution in [0.15, 0.2) is 48.9 Å². The van der Waals surface area contributed by atoms with E-state index in [1.165, 1.54) is 0 Å². The summed E-state index contributed by atoms with van der Waals surface area (Å²) in [4.78, 5) is 8.81. The predicted octanol–water partition coefficient (Wildman–Crippen LogP) is 3.21. The third-order valence-corrected chi connectivity index (χ3v) is 2.89. The molecule has 0 amide bonds. The lowest BCUT2D eigenvalue weighted by atomic mass is 10.3. The highest BCUT2D eigenvalue weighted by Crippen LogP contribution is 2.24. The molecule has 0 saturated heterocycles. The molecule has 2 aromatic heterocycles. The van der Waals surface area contributed by atoms with Crippen LogP contribution < -0.4 is 4.74 Å². The minimum Gasteiger partial charge on any atom is -0.490 e. The third kappa shape index (κ3) is 2.17. The van der Waals surface area contributed by atoms with Crippen LogP contribution in [-0.2, 0) is 0 Å². The first-order valence-corrected chi connectivity index (χ1v) is 6.40. The maximum absolute atomic E-state index is 5.75. The number of aromatic nitrogens is 3. The Morgan fingerprint density at radius 2 is 2.00 bits per heavy atom. The van der Waals surface area contributed by atoms with Crippen LogP contribution in [0.25, 0.3) is 16.9 Å². The molecule has 0 aliphatic rings. The van der Waals surface area contributed by atoms with E-state index in [4.69, 9.17) is 4.74 Å². The average molecular weight is 253 g/mol. The van der Waals surface area contributed by atoms with Gasteiger partial charge in [0.2, 0.25) is 0 Å². The van der Waals surface area contributed by atoms with Gasteiger partial charge in [0.25, 0.3) is 0 Å². The third-order valence-electron chi connectivity index (χ3n) is 2.89. The number of ether oxygens (including phenoxy) is 1. The molecule has 3 aromatic rings. The lowest BCUT2D eigenvalue weighted by molar-refractivity contribution is 0.315. The molecule has 0 atom stereocenters. The molecule has 1 aromatic carbocycles. The van der Waals surface area contributed by atoms with E-state index in [1.54, 1.807) is 12.5 Å². The maximum atomic E-state index is 5.75. The Balaban J connectivity index is 2.11. The molecule has 4 nitrogen and oxygen atoms in total. The van der Waals surface area contributed by atoms with Gasteiger partial charge in [-0.25, -0.2) is 9.97 Å². The van der Waals surface area contributed by atoms with Gasteiger partial charge in [0.05, 0.1) is 17.6 Å². The zero-order valence-corrected chi connectivity index (χ0v) is 10.8. The second kappa shape index (κ2) is 5.10. The smallest absolute Gasteiger partial charge is 0.181 e. The summed E-state index contributed by atoms with van der Waals surface area (Å²) < 4.78 is 7.71. The molecule has 0 aliphatic heterocycles. The molecule has 0 spiro atoms. The van der Waals surface area contributed by atoms with E-state index >= 15 is 0 Å². The summed E-state index contributed by atoms with van der Waals surface area (Å²) in [6, 6.07) is 11.8. The van der Waals surface area contributed by atoms with Gasteiger partial charge in [-0.15, -0.1) is 0 Å². The fraction of sp³-hybridized carbons (Fsp3) is 0.200. The Morgan fingerprint density at radius 3 is 2.89 bits per heavy atom. The molecular formula is C15H15N3O. The van der Waals surface area contributed by atoms with Crippen LogP contribution in [0.4, 0.5) is 0 Å². The minimum atomic E-state index is 0.686. The number of pyridine rings is 1. The van der Waals surface area contributed by atoms with Crippen LogP contribution in [0, 0.1) is 0 Å². The standard InChI is InChI=1S/C15H15N3O/c1-2-10-19-14-8-5-9-16-15(14)18-11-17-12-6-3-4-7-13(12)18/h3-9,11H,2,10H2,1H3. The van der Waals surface area contributed by atoms with Crippen LogP contribution in [0.3, 0.4) is 0 Å². The Hall–Kier alpha value is -2.36. The van der Waals surface area contributed by atoms with Gasteiger partial charge in [0.1, 0.15) is 6.33 Å². The number of imidazole rings is 1. The first-order chi connectivity index (χ1) is 9.40. The molecule has 3 rings (SSSR count). The van der Waals surface area contributed by atoms with Gasteiger partial charge in [0.15, 0.2) is 11.6 Å². The van der Waals surface area contributed by atoms with Crippen molar-refractivity contribution in [1.82, 2.24) is 14.5 Å². The Kier molecular flexibility index (Phi) is 3.14. The van der Waals surface area contributed by atoms with E-state index in [2.05, 4.69) is 16.9 Å². The zero-order valence-electron chi connectivity index (χ0n) is 10.8. The van der Waals surface area contributed by atoms with Gasteiger partial charge in [-0.1, -0.05) is 19.1 Å². The summed E-state index contributed by atoms with van der Waals surface area (Å²) in [5.74, 6) is 1.57. The van der Waals surface area contributed by atoms with E-state index in [0.717, 1.165) is 29.0 Å². The van der Waals surface area contributed by atoms with Crippen LogP contribution in [0.2, 0.25) is 0 Å². The summed E-state index contributed by atoms with van der Waals surface area (Å²) in [7, 11) is 0. The van der Waals surface area contributed by atoms with Crippen LogP contribution in [0.1, 0.15) is 13.3 Å². The van der Waals surface area contributed by atoms with Crippen molar-refractivity contribution in [2.45, 2.75) is 13.3 Å². The predicted molar refractivity (Wildman–Crippen MR) is 74.7 cm³/mol. The second-order valence-electron chi connectivity index (χ2n) is 4.28. The Labute approximate surface area is 111 Å². The van der Waals surface area contributed by atoms with Crippen LogP contribution in [0.5, 0.6) is 5.75 Å². The van der Waals surface area contributed by atoms with Gasteiger partial charge in [-0.2, -0.15) is 0 Å². The molecule has 19 heavy (non-hydrogen) atoms. The largest absolute Gasteiger partial charge is 0.490 e. The Bertz CT molecular complexity index is 690. The SMILES string of the molecule is CCCOc1cccnc1-n1cnc2ccccc21. The molecule has 0 radical (unpaired) electrons. The topological polar surface area (TPSA) is 39.9 Å². The summed E-state index contributed by atoms with van der Waals surface area (Å²) in [6.45, 7) is 2.77. The molecule has 0 N–H and O–H groups in total. The number of para-hydroxylation sites is 2. The van der Waals surface area contributed by atoms with Crippen molar-refractivity contribution >= 4 is 11.0 Å². The van der Waals surface area contributed by atoms with Crippen molar-refractivity contribution in [3.05, 3.63) is 48.9 Å². The van der Waals surface area contributed by atoms with Crippen molar-refractivity contribution < 1.29 is 4.74 Å². The highest BCUT2D eigenvalue weighted by Gasteiger charge is 2.10. The normalized spacial score (nSPS) is 10.8. The lowest BCUT2D eigenvalue weighted by Gasteiger charge is -2.10. The summed E-state index contributed by atoms with van der Waals surface area (Å²) in [5.41, 5.74) is 1.98. The quantitative estimate of drug-likeness (QED) is 0.716. The van der Waals surface area contributed by atoms with Gasteiger partial charge in [-0.3, -0.25) is 4.57 Å². The summed E-state index contributed by atoms with van der Waals surface area (Å²) in [6.07, 6.45) is 4.52. The molecular weight excluding hydrogens is 238 g/mol. The number of benzene rings is 1. The molecule has 4 heteroatoms. The summed E-state index contributed by atoms with van der Waals surface area (Å²) >= 11 is 0. The number of nitrogens with zero attached hydrogens (tertiary/aromatic N) is 3. The Morgan fingerprint density at radius 1 is 1.11 bits per heavy atom. The zero-order chi connectivity index (χ0) is 13.1. The van der Waals surface area contributed by atoms with Crippen molar-refractivity contribution in [3.8, 4) is 11.6 Å². The first-order valence-electron chi connectivity index (χ1n) is 6.40. The van der Waals surface area contributed by atoms with Gasteiger partial charge < -0.3 is 4.74 Å². The van der Waals surface area contributed by atoms with Gasteiger partial charge in [-0.05, 0) is 30.7 Å². The van der Waals surface area contributed by atoms with E-state index in [1.807, 2.05) is 41.0 Å². The van der Waals surface area contributed by atoms with E-state index < -0.39 is 0 Å². The number of fused-ring (bicyclic) bond motifs is 1. The molecule has 0 bridgehead atoms. The lowest BCUT2D eigenvalue weighted by Crippen LogP contribution is -2.03. The van der Waals surface area contributed by atoms with Crippen molar-refractivity contribution in [1.29, 1.82) is 0 Å². The van der Waals surface area contributed by atoms with Crippen LogP contribution >= 0.6 is 0 Å². The maximum Gasteiger partial charge on any atom is 0.181 e.